The van der Waals surface area contributed by atoms with Crippen LogP contribution in [0.4, 0.5) is 0 Å². The molecule has 0 saturated carbocycles. The third kappa shape index (κ3) is 3.95. The van der Waals surface area contributed by atoms with Gasteiger partial charge in [0.2, 0.25) is 0 Å². The fraction of sp³-hybridized carbons (Fsp3) is 0.400. The molecule has 19 heavy (non-hydrogen) atoms. The Labute approximate surface area is 123 Å². The SMILES string of the molecule is CC(C)(C)c1cccc(OCc2nc(CCl)cs2)c1. The summed E-state index contributed by atoms with van der Waals surface area (Å²) in [7, 11) is 0. The largest absolute Gasteiger partial charge is 0.486 e. The van der Waals surface area contributed by atoms with Crippen LogP contribution < -0.4 is 4.74 Å². The van der Waals surface area contributed by atoms with Crippen LogP contribution in [0.15, 0.2) is 29.6 Å². The van der Waals surface area contributed by atoms with Gasteiger partial charge in [-0.2, -0.15) is 0 Å². The van der Waals surface area contributed by atoms with E-state index in [1.807, 2.05) is 17.5 Å². The van der Waals surface area contributed by atoms with E-state index >= 15 is 0 Å². The summed E-state index contributed by atoms with van der Waals surface area (Å²) in [5.41, 5.74) is 2.31. The lowest BCUT2D eigenvalue weighted by molar-refractivity contribution is 0.304. The van der Waals surface area contributed by atoms with Crippen molar-refractivity contribution >= 4 is 22.9 Å². The van der Waals surface area contributed by atoms with Crippen molar-refractivity contribution in [3.8, 4) is 5.75 Å². The molecule has 0 radical (unpaired) electrons. The predicted octanol–water partition coefficient (Wildman–Crippen LogP) is 4.76. The molecule has 0 aliphatic heterocycles. The number of alkyl halides is 1. The van der Waals surface area contributed by atoms with Gasteiger partial charge in [-0.25, -0.2) is 4.98 Å². The number of rotatable bonds is 4. The van der Waals surface area contributed by atoms with Gasteiger partial charge in [0.25, 0.3) is 0 Å². The molecular weight excluding hydrogens is 278 g/mol. The summed E-state index contributed by atoms with van der Waals surface area (Å²) in [5.74, 6) is 1.34. The average molecular weight is 296 g/mol. The fourth-order valence-electron chi connectivity index (χ4n) is 1.67. The molecule has 1 aromatic carbocycles. The summed E-state index contributed by atoms with van der Waals surface area (Å²) in [6.07, 6.45) is 0. The van der Waals surface area contributed by atoms with Crippen LogP contribution in [0.1, 0.15) is 37.0 Å². The van der Waals surface area contributed by atoms with Crippen LogP contribution in [0.2, 0.25) is 0 Å². The van der Waals surface area contributed by atoms with Crippen LogP contribution in [0.25, 0.3) is 0 Å². The van der Waals surface area contributed by atoms with Crippen molar-refractivity contribution in [3.05, 3.63) is 45.9 Å². The third-order valence-corrected chi connectivity index (χ3v) is 3.94. The zero-order valence-electron chi connectivity index (χ0n) is 11.4. The Morgan fingerprint density at radius 1 is 1.32 bits per heavy atom. The van der Waals surface area contributed by atoms with Crippen LogP contribution >= 0.6 is 22.9 Å². The number of nitrogens with zero attached hydrogens (tertiary/aromatic N) is 1. The molecule has 0 saturated heterocycles. The van der Waals surface area contributed by atoms with E-state index in [0.717, 1.165) is 16.5 Å². The Bertz CT molecular complexity index is 545. The second kappa shape index (κ2) is 5.93. The maximum atomic E-state index is 5.79. The molecule has 102 valence electrons. The molecule has 0 amide bonds. The summed E-state index contributed by atoms with van der Waals surface area (Å²) in [6, 6.07) is 8.23. The molecule has 0 fully saturated rings. The second-order valence-corrected chi connectivity index (χ2v) is 6.64. The topological polar surface area (TPSA) is 22.1 Å². The van der Waals surface area contributed by atoms with Crippen molar-refractivity contribution < 1.29 is 4.74 Å². The van der Waals surface area contributed by atoms with Crippen LogP contribution in [0.5, 0.6) is 5.75 Å². The lowest BCUT2D eigenvalue weighted by Crippen LogP contribution is -2.10. The second-order valence-electron chi connectivity index (χ2n) is 5.43. The summed E-state index contributed by atoms with van der Waals surface area (Å²) in [4.78, 5) is 4.38. The maximum Gasteiger partial charge on any atom is 0.140 e. The van der Waals surface area contributed by atoms with Gasteiger partial charge in [0, 0.05) is 5.38 Å². The van der Waals surface area contributed by atoms with Crippen molar-refractivity contribution in [2.75, 3.05) is 0 Å². The molecule has 2 nitrogen and oxygen atoms in total. The molecule has 4 heteroatoms. The number of thiazole rings is 1. The van der Waals surface area contributed by atoms with Gasteiger partial charge in [0.1, 0.15) is 17.4 Å². The Morgan fingerprint density at radius 2 is 2.11 bits per heavy atom. The highest BCUT2D eigenvalue weighted by Gasteiger charge is 2.14. The monoisotopic (exact) mass is 295 g/mol. The number of hydrogen-bond acceptors (Lipinski definition) is 3. The lowest BCUT2D eigenvalue weighted by atomic mass is 9.87. The van der Waals surface area contributed by atoms with Crippen LogP contribution in [-0.4, -0.2) is 4.98 Å². The molecule has 0 N–H and O–H groups in total. The van der Waals surface area contributed by atoms with E-state index in [4.69, 9.17) is 16.3 Å². The van der Waals surface area contributed by atoms with Crippen molar-refractivity contribution in [2.45, 2.75) is 38.7 Å². The van der Waals surface area contributed by atoms with Gasteiger partial charge in [-0.15, -0.1) is 22.9 Å². The van der Waals surface area contributed by atoms with Crippen molar-refractivity contribution in [3.63, 3.8) is 0 Å². The van der Waals surface area contributed by atoms with Crippen molar-refractivity contribution in [1.82, 2.24) is 4.98 Å². The lowest BCUT2D eigenvalue weighted by Gasteiger charge is -2.19. The molecule has 0 bridgehead atoms. The van der Waals surface area contributed by atoms with E-state index < -0.39 is 0 Å². The van der Waals surface area contributed by atoms with Gasteiger partial charge < -0.3 is 4.74 Å². The molecule has 2 aromatic rings. The molecular formula is C15H18ClNOS. The van der Waals surface area contributed by atoms with E-state index in [9.17, 15) is 0 Å². The molecule has 0 atom stereocenters. The maximum absolute atomic E-state index is 5.79. The highest BCUT2D eigenvalue weighted by atomic mass is 35.5. The number of halogens is 1. The summed E-state index contributed by atoms with van der Waals surface area (Å²) in [6.45, 7) is 7.08. The fourth-order valence-corrected chi connectivity index (χ4v) is 2.61. The Balaban J connectivity index is 2.03. The zero-order valence-corrected chi connectivity index (χ0v) is 13.0. The molecule has 0 unspecified atom stereocenters. The quantitative estimate of drug-likeness (QED) is 0.759. The predicted molar refractivity (Wildman–Crippen MR) is 81.1 cm³/mol. The number of ether oxygens (including phenoxy) is 1. The van der Waals surface area contributed by atoms with Gasteiger partial charge in [-0.1, -0.05) is 32.9 Å². The molecule has 0 aliphatic carbocycles. The molecule has 1 heterocycles. The Morgan fingerprint density at radius 3 is 2.74 bits per heavy atom. The van der Waals surface area contributed by atoms with Gasteiger partial charge in [0.05, 0.1) is 11.6 Å². The first-order chi connectivity index (χ1) is 8.99. The van der Waals surface area contributed by atoms with E-state index in [1.165, 1.54) is 5.56 Å². The summed E-state index contributed by atoms with van der Waals surface area (Å²) in [5, 5.41) is 2.92. The van der Waals surface area contributed by atoms with E-state index in [0.29, 0.717) is 12.5 Å². The first kappa shape index (κ1) is 14.4. The van der Waals surface area contributed by atoms with Crippen LogP contribution in [0, 0.1) is 0 Å². The standard InChI is InChI=1S/C15H18ClNOS/c1-15(2,3)11-5-4-6-13(7-11)18-9-14-17-12(8-16)10-19-14/h4-7,10H,8-9H2,1-3H3. The van der Waals surface area contributed by atoms with Crippen LogP contribution in [-0.2, 0) is 17.9 Å². The third-order valence-electron chi connectivity index (χ3n) is 2.80. The van der Waals surface area contributed by atoms with E-state index in [2.05, 4.69) is 37.9 Å². The Hall–Kier alpha value is -1.06. The number of hydrogen-bond donors (Lipinski definition) is 0. The molecule has 2 rings (SSSR count). The number of aromatic nitrogens is 1. The van der Waals surface area contributed by atoms with E-state index in [-0.39, 0.29) is 5.41 Å². The highest BCUT2D eigenvalue weighted by molar-refractivity contribution is 7.09. The first-order valence-electron chi connectivity index (χ1n) is 6.21. The van der Waals surface area contributed by atoms with Gasteiger partial charge in [-0.05, 0) is 23.1 Å². The minimum atomic E-state index is 0.131. The normalized spacial score (nSPS) is 11.6. The first-order valence-corrected chi connectivity index (χ1v) is 7.63. The zero-order chi connectivity index (χ0) is 13.9. The highest BCUT2D eigenvalue weighted by Crippen LogP contribution is 2.26. The van der Waals surface area contributed by atoms with E-state index in [1.54, 1.807) is 11.3 Å². The minimum absolute atomic E-state index is 0.131. The smallest absolute Gasteiger partial charge is 0.140 e. The van der Waals surface area contributed by atoms with Crippen molar-refractivity contribution in [1.29, 1.82) is 0 Å². The Kier molecular flexibility index (Phi) is 4.48. The average Bonchev–Trinajstić information content (AvgIpc) is 2.84. The van der Waals surface area contributed by atoms with Gasteiger partial charge >= 0.3 is 0 Å². The van der Waals surface area contributed by atoms with Gasteiger partial charge in [0.15, 0.2) is 0 Å². The minimum Gasteiger partial charge on any atom is -0.486 e. The van der Waals surface area contributed by atoms with Crippen molar-refractivity contribution in [2.24, 2.45) is 0 Å². The number of benzene rings is 1. The summed E-state index contributed by atoms with van der Waals surface area (Å²) < 4.78 is 5.79. The molecule has 0 aliphatic rings. The van der Waals surface area contributed by atoms with Gasteiger partial charge in [-0.3, -0.25) is 0 Å². The molecule has 1 aromatic heterocycles. The summed E-state index contributed by atoms with van der Waals surface area (Å²) >= 11 is 7.31. The van der Waals surface area contributed by atoms with Crippen LogP contribution in [0.3, 0.4) is 0 Å². The molecule has 0 spiro atoms.